The van der Waals surface area contributed by atoms with Crippen LogP contribution in [-0.4, -0.2) is 25.7 Å². The molecule has 0 spiro atoms. The average molecular weight is 521 g/mol. The van der Waals surface area contributed by atoms with Gasteiger partial charge in [0.1, 0.15) is 60.1 Å². The van der Waals surface area contributed by atoms with Crippen molar-refractivity contribution in [3.8, 4) is 11.5 Å². The van der Waals surface area contributed by atoms with Crippen LogP contribution in [0.25, 0.3) is 0 Å². The van der Waals surface area contributed by atoms with E-state index < -0.39 is 0 Å². The van der Waals surface area contributed by atoms with Crippen LogP contribution in [0.3, 0.4) is 0 Å². The molecule has 0 aliphatic carbocycles. The topological polar surface area (TPSA) is 163 Å². The molecule has 4 rings (SSSR count). The fraction of sp³-hybridized carbons (Fsp3) is 0.250. The number of aromatic amines is 2. The van der Waals surface area contributed by atoms with Gasteiger partial charge in [-0.3, -0.25) is 0 Å². The summed E-state index contributed by atoms with van der Waals surface area (Å²) in [5.74, 6) is 2.00. The fourth-order valence-electron chi connectivity index (χ4n) is 3.97. The Hall–Kier alpha value is -3.40. The zero-order valence-corrected chi connectivity index (χ0v) is 20.5. The zero-order valence-electron chi connectivity index (χ0n) is 19.0. The molecule has 10 N–H and O–H groups in total. The van der Waals surface area contributed by atoms with Crippen molar-refractivity contribution in [1.82, 2.24) is 9.97 Å². The molecule has 0 fully saturated rings. The van der Waals surface area contributed by atoms with E-state index in [1.54, 1.807) is 36.4 Å². The average Bonchev–Trinajstić information content (AvgIpc) is 3.46. The van der Waals surface area contributed by atoms with Gasteiger partial charge in [0.15, 0.2) is 0 Å². The number of H-pyrrole nitrogens is 2. The third kappa shape index (κ3) is 6.19. The zero-order chi connectivity index (χ0) is 24.2. The van der Waals surface area contributed by atoms with Crippen LogP contribution in [0.1, 0.15) is 46.4 Å². The fourth-order valence-corrected chi connectivity index (χ4v) is 4.59. The molecule has 0 saturated heterocycles. The van der Waals surface area contributed by atoms with Crippen LogP contribution < -0.4 is 20.6 Å². The molecule has 0 bridgehead atoms. The molecule has 0 aliphatic rings. The molecule has 186 valence electrons. The Labute approximate surface area is 212 Å². The maximum Gasteiger partial charge on any atom is 0.272 e. The second-order valence-corrected chi connectivity index (χ2v) is 9.29. The van der Waals surface area contributed by atoms with E-state index in [1.807, 2.05) is 33.9 Å². The van der Waals surface area contributed by atoms with E-state index in [2.05, 4.69) is 9.97 Å². The molecular weight excluding hydrogens is 491 g/mol. The maximum absolute atomic E-state index is 10.2. The largest absolute Gasteiger partial charge is 0.508 e. The van der Waals surface area contributed by atoms with Gasteiger partial charge in [0.2, 0.25) is 0 Å². The number of alkyl halides is 2. The number of phenolic OH excluding ortho intramolecular Hbond substituents is 2. The number of imidazole rings is 2. The highest BCUT2D eigenvalue weighted by molar-refractivity contribution is 6.21. The Bertz CT molecular complexity index is 1180. The normalized spacial score (nSPS) is 12.7. The van der Waals surface area contributed by atoms with Crippen LogP contribution in [-0.2, 0) is 13.1 Å². The van der Waals surface area contributed by atoms with Crippen LogP contribution in [0.5, 0.6) is 11.5 Å². The predicted octanol–water partition coefficient (Wildman–Crippen LogP) is 2.81. The van der Waals surface area contributed by atoms with E-state index in [1.165, 1.54) is 0 Å². The van der Waals surface area contributed by atoms with Gasteiger partial charge < -0.3 is 27.2 Å². The van der Waals surface area contributed by atoms with Crippen molar-refractivity contribution >= 4 is 34.6 Å². The molecule has 2 unspecified atom stereocenters. The minimum absolute atomic E-state index is 0. The Morgan fingerprint density at radius 1 is 0.743 bits per heavy atom. The first kappa shape index (κ1) is 26.2. The summed E-state index contributed by atoms with van der Waals surface area (Å²) in [6.45, 7) is 0.868. The number of nitrogens with two attached hydrogens (primary N) is 2. The monoisotopic (exact) mass is 520 g/mol. The van der Waals surface area contributed by atoms with Crippen molar-refractivity contribution in [3.63, 3.8) is 0 Å². The number of aromatic nitrogens is 4. The van der Waals surface area contributed by atoms with Crippen molar-refractivity contribution in [3.05, 3.63) is 84.0 Å². The standard InChI is InChI=1S/C24H26Cl2N6O2.H2O/c25-19(23-29-7-9-31(23)13-15-11-17(27)1-5-21(15)33)3-4-20(26)24-30-8-10-32(24)14-16-12-18(28)2-6-22(16)34;/h1-2,5-12,19-20,33-34H,3-4,13-14,27-28H2;1H2/p+2. The van der Waals surface area contributed by atoms with Crippen molar-refractivity contribution in [2.45, 2.75) is 36.7 Å². The van der Waals surface area contributed by atoms with Gasteiger partial charge in [-0.1, -0.05) is 0 Å². The lowest BCUT2D eigenvalue weighted by Crippen LogP contribution is -2.38. The third-order valence-electron chi connectivity index (χ3n) is 5.75. The number of anilines is 2. The second kappa shape index (κ2) is 11.4. The molecular formula is C24H30Cl2N6O3+2. The van der Waals surface area contributed by atoms with Crippen LogP contribution >= 0.6 is 23.2 Å². The van der Waals surface area contributed by atoms with Crippen LogP contribution in [0.4, 0.5) is 11.4 Å². The number of nitrogens with zero attached hydrogens (tertiary/aromatic N) is 2. The molecule has 2 heterocycles. The number of benzene rings is 2. The molecule has 2 aromatic heterocycles. The second-order valence-electron chi connectivity index (χ2n) is 8.24. The summed E-state index contributed by atoms with van der Waals surface area (Å²) in [4.78, 5) is 6.39. The van der Waals surface area contributed by atoms with Gasteiger partial charge in [0.05, 0.1) is 0 Å². The maximum atomic E-state index is 10.2. The highest BCUT2D eigenvalue weighted by Crippen LogP contribution is 2.30. The van der Waals surface area contributed by atoms with Crippen molar-refractivity contribution < 1.29 is 24.8 Å². The molecule has 9 nitrogen and oxygen atoms in total. The minimum atomic E-state index is -0.319. The van der Waals surface area contributed by atoms with E-state index in [0.717, 1.165) is 11.6 Å². The molecule has 0 saturated carbocycles. The van der Waals surface area contributed by atoms with Gasteiger partial charge in [0, 0.05) is 22.5 Å². The summed E-state index contributed by atoms with van der Waals surface area (Å²) >= 11 is 13.5. The number of phenols is 2. The van der Waals surface area contributed by atoms with Crippen LogP contribution in [0, 0.1) is 0 Å². The number of nitrogen functional groups attached to an aromatic ring is 2. The summed E-state index contributed by atoms with van der Waals surface area (Å²) in [5.41, 5.74) is 14.3. The summed E-state index contributed by atoms with van der Waals surface area (Å²) in [7, 11) is 0. The van der Waals surface area contributed by atoms with E-state index in [4.69, 9.17) is 34.7 Å². The molecule has 35 heavy (non-hydrogen) atoms. The summed E-state index contributed by atoms with van der Waals surface area (Å²) < 4.78 is 3.90. The molecule has 0 aliphatic heterocycles. The molecule has 4 aromatic rings. The Balaban J connectivity index is 0.00000342. The lowest BCUT2D eigenvalue weighted by atomic mass is 10.1. The molecule has 0 radical (unpaired) electrons. The van der Waals surface area contributed by atoms with E-state index in [-0.39, 0.29) is 27.7 Å². The van der Waals surface area contributed by atoms with Gasteiger partial charge in [0.25, 0.3) is 11.6 Å². The number of halogens is 2. The van der Waals surface area contributed by atoms with Crippen molar-refractivity contribution in [1.29, 1.82) is 0 Å². The van der Waals surface area contributed by atoms with E-state index in [9.17, 15) is 10.2 Å². The first-order valence-electron chi connectivity index (χ1n) is 10.9. The molecule has 2 atom stereocenters. The Kier molecular flexibility index (Phi) is 8.50. The summed E-state index contributed by atoms with van der Waals surface area (Å²) in [6, 6.07) is 9.99. The first-order valence-corrected chi connectivity index (χ1v) is 11.8. The van der Waals surface area contributed by atoms with Gasteiger partial charge >= 0.3 is 0 Å². The highest BCUT2D eigenvalue weighted by atomic mass is 35.5. The van der Waals surface area contributed by atoms with E-state index in [0.29, 0.717) is 48.4 Å². The van der Waals surface area contributed by atoms with Crippen LogP contribution in [0.15, 0.2) is 61.2 Å². The van der Waals surface area contributed by atoms with Gasteiger partial charge in [-0.2, -0.15) is 0 Å². The lowest BCUT2D eigenvalue weighted by Gasteiger charge is -2.11. The number of nitrogens with one attached hydrogen (secondary N) is 2. The molecule has 11 heteroatoms. The van der Waals surface area contributed by atoms with Gasteiger partial charge in [-0.05, 0) is 49.2 Å². The van der Waals surface area contributed by atoms with Crippen molar-refractivity contribution in [2.75, 3.05) is 11.5 Å². The summed E-state index contributed by atoms with van der Waals surface area (Å²) in [6.07, 6.45) is 8.60. The van der Waals surface area contributed by atoms with E-state index >= 15 is 0 Å². The summed E-state index contributed by atoms with van der Waals surface area (Å²) in [5, 5.41) is 19.7. The molecule has 2 aromatic carbocycles. The Morgan fingerprint density at radius 3 is 1.54 bits per heavy atom. The lowest BCUT2D eigenvalue weighted by molar-refractivity contribution is -0.695. The smallest absolute Gasteiger partial charge is 0.272 e. The number of hydrogen-bond acceptors (Lipinski definition) is 4. The van der Waals surface area contributed by atoms with Crippen molar-refractivity contribution in [2.24, 2.45) is 0 Å². The SMILES string of the molecule is Nc1ccc(O)c(C[n+]2cc[nH]c2C(Cl)CCC(Cl)c2[nH]cc[n+]2Cc2cc(N)ccc2O)c1.O. The number of hydrogen-bond donors (Lipinski definition) is 6. The van der Waals surface area contributed by atoms with Gasteiger partial charge in [-0.25, -0.2) is 19.1 Å². The molecule has 0 amide bonds. The first-order chi connectivity index (χ1) is 16.3. The van der Waals surface area contributed by atoms with Crippen LogP contribution in [0.2, 0.25) is 0 Å². The number of aromatic hydroxyl groups is 2. The predicted molar refractivity (Wildman–Crippen MR) is 135 cm³/mol. The van der Waals surface area contributed by atoms with Gasteiger partial charge in [-0.15, -0.1) is 23.2 Å². The quantitative estimate of drug-likeness (QED) is 0.0864. The third-order valence-corrected chi connectivity index (χ3v) is 6.60. The Morgan fingerprint density at radius 2 is 1.14 bits per heavy atom. The minimum Gasteiger partial charge on any atom is -0.508 e. The highest BCUT2D eigenvalue weighted by Gasteiger charge is 2.27. The number of rotatable bonds is 9.